The molecule has 2 unspecified atom stereocenters. The first-order valence-corrected chi connectivity index (χ1v) is 12.5. The van der Waals surface area contributed by atoms with Crippen LogP contribution in [0.15, 0.2) is 78.5 Å². The lowest BCUT2D eigenvalue weighted by Crippen LogP contribution is -2.53. The number of piperazine rings is 1. The Kier molecular flexibility index (Phi) is 10.9. The van der Waals surface area contributed by atoms with Gasteiger partial charge in [-0.15, -0.1) is 4.91 Å². The van der Waals surface area contributed by atoms with Crippen molar-refractivity contribution in [1.82, 2.24) is 19.9 Å². The van der Waals surface area contributed by atoms with Crippen LogP contribution in [0.25, 0.3) is 0 Å². The Bertz CT molecular complexity index is 1160. The van der Waals surface area contributed by atoms with Gasteiger partial charge in [-0.05, 0) is 49.7 Å². The van der Waals surface area contributed by atoms with E-state index >= 15 is 0 Å². The van der Waals surface area contributed by atoms with E-state index in [1.165, 1.54) is 17.1 Å². The molecule has 2 saturated heterocycles. The molecule has 4 heterocycles. The molecule has 0 radical (unpaired) electrons. The fraction of sp³-hybridized carbons (Fsp3) is 0.333. The van der Waals surface area contributed by atoms with Crippen LogP contribution in [0.1, 0.15) is 18.9 Å². The summed E-state index contributed by atoms with van der Waals surface area (Å²) in [5.74, 6) is 0.712. The minimum atomic E-state index is -0.178. The van der Waals surface area contributed by atoms with Crippen molar-refractivity contribution in [1.29, 1.82) is 5.26 Å². The Morgan fingerprint density at radius 3 is 2.37 bits per heavy atom. The molecule has 2 aromatic heterocycles. The Balaban J connectivity index is 0.000000231. The third-order valence-corrected chi connectivity index (χ3v) is 6.33. The quantitative estimate of drug-likeness (QED) is 0.451. The number of amides is 1. The summed E-state index contributed by atoms with van der Waals surface area (Å²) >= 11 is 5.48. The molecular weight excluding hydrogens is 509 g/mol. The monoisotopic (exact) mass is 537 g/mol. The van der Waals surface area contributed by atoms with Crippen LogP contribution in [0.3, 0.4) is 0 Å². The second kappa shape index (κ2) is 14.6. The van der Waals surface area contributed by atoms with Crippen LogP contribution in [0.2, 0.25) is 5.02 Å². The van der Waals surface area contributed by atoms with Crippen LogP contribution < -0.4 is 4.90 Å². The van der Waals surface area contributed by atoms with E-state index < -0.39 is 0 Å². The van der Waals surface area contributed by atoms with E-state index in [-0.39, 0.29) is 23.7 Å². The molecule has 9 nitrogen and oxygen atoms in total. The third kappa shape index (κ3) is 8.49. The van der Waals surface area contributed by atoms with Crippen LogP contribution in [0.5, 0.6) is 0 Å². The number of hydrogen-bond donors (Lipinski definition) is 0. The Labute approximate surface area is 226 Å². The number of carbonyl (C=O) groups is 1. The van der Waals surface area contributed by atoms with Crippen LogP contribution in [0.4, 0.5) is 10.2 Å². The molecule has 0 bridgehead atoms. The Hall–Kier alpha value is -4.10. The van der Waals surface area contributed by atoms with Gasteiger partial charge in [0.15, 0.2) is 0 Å². The number of carbonyl (C=O) groups excluding carboxylic acids is 1. The fourth-order valence-electron chi connectivity index (χ4n) is 4.09. The highest BCUT2D eigenvalue weighted by Gasteiger charge is 2.35. The summed E-state index contributed by atoms with van der Waals surface area (Å²) in [6, 6.07) is 17.1. The summed E-state index contributed by atoms with van der Waals surface area (Å²) in [6.45, 7) is 4.89. The van der Waals surface area contributed by atoms with Gasteiger partial charge < -0.3 is 9.80 Å². The standard InChI is InChI=1S/C16H20N6O2.C6H5F.C5H4ClN/c1-12-10-21(6-7-22(12)19-24)16(23)14-4-5-20(11-14)15-3-2-13(8-17)9-18-15;7-6-4-2-1-3-5-6;6-5-2-1-3-7-4-5/h2-3,9,12,14H,4-7,10-11H2,1H3;1-5H;1-4H. The molecule has 5 rings (SSSR count). The van der Waals surface area contributed by atoms with Crippen molar-refractivity contribution in [3.8, 4) is 6.07 Å². The summed E-state index contributed by atoms with van der Waals surface area (Å²) in [4.78, 5) is 35.4. The Morgan fingerprint density at radius 2 is 1.87 bits per heavy atom. The number of rotatable bonds is 3. The predicted molar refractivity (Wildman–Crippen MR) is 143 cm³/mol. The molecule has 0 N–H and O–H groups in total. The zero-order chi connectivity index (χ0) is 27.3. The molecule has 2 fully saturated rings. The van der Waals surface area contributed by atoms with Crippen LogP contribution in [-0.4, -0.2) is 64.5 Å². The van der Waals surface area contributed by atoms with Gasteiger partial charge in [0.2, 0.25) is 5.91 Å². The van der Waals surface area contributed by atoms with Crippen molar-refractivity contribution in [2.75, 3.05) is 37.6 Å². The maximum Gasteiger partial charge on any atom is 0.227 e. The van der Waals surface area contributed by atoms with Gasteiger partial charge in [0, 0.05) is 44.8 Å². The largest absolute Gasteiger partial charge is 0.356 e. The lowest BCUT2D eigenvalue weighted by molar-refractivity contribution is -0.137. The van der Waals surface area contributed by atoms with Gasteiger partial charge in [-0.25, -0.2) is 9.37 Å². The maximum atomic E-state index is 12.7. The molecule has 1 aromatic carbocycles. The summed E-state index contributed by atoms with van der Waals surface area (Å²) in [5.41, 5.74) is 0.529. The molecule has 38 heavy (non-hydrogen) atoms. The first kappa shape index (κ1) is 28.5. The number of nitroso groups, excluding NO2 is 1. The van der Waals surface area contributed by atoms with E-state index in [1.807, 2.05) is 17.9 Å². The zero-order valence-electron chi connectivity index (χ0n) is 21.0. The average Bonchev–Trinajstić information content (AvgIpc) is 3.45. The normalized spacial score (nSPS) is 18.3. The van der Waals surface area contributed by atoms with Crippen LogP contribution in [0, 0.1) is 28.0 Å². The number of pyridine rings is 2. The van der Waals surface area contributed by atoms with Gasteiger partial charge in [0.05, 0.1) is 34.4 Å². The minimum Gasteiger partial charge on any atom is -0.356 e. The van der Waals surface area contributed by atoms with E-state index in [9.17, 15) is 14.1 Å². The van der Waals surface area contributed by atoms with Gasteiger partial charge in [-0.1, -0.05) is 29.8 Å². The van der Waals surface area contributed by atoms with E-state index in [0.29, 0.717) is 36.8 Å². The topological polar surface area (TPSA) is 106 Å². The van der Waals surface area contributed by atoms with Crippen molar-refractivity contribution in [2.24, 2.45) is 11.2 Å². The van der Waals surface area contributed by atoms with Crippen molar-refractivity contribution in [3.63, 3.8) is 0 Å². The number of aromatic nitrogens is 2. The van der Waals surface area contributed by atoms with Crippen LogP contribution in [-0.2, 0) is 4.79 Å². The highest BCUT2D eigenvalue weighted by atomic mass is 35.5. The van der Waals surface area contributed by atoms with Gasteiger partial charge in [-0.2, -0.15) is 5.26 Å². The van der Waals surface area contributed by atoms with Crippen molar-refractivity contribution < 1.29 is 9.18 Å². The number of anilines is 1. The molecule has 0 spiro atoms. The van der Waals surface area contributed by atoms with Gasteiger partial charge in [-0.3, -0.25) is 14.8 Å². The van der Waals surface area contributed by atoms with Gasteiger partial charge >= 0.3 is 0 Å². The highest BCUT2D eigenvalue weighted by molar-refractivity contribution is 6.30. The molecule has 198 valence electrons. The number of hydrogen-bond acceptors (Lipinski definition) is 7. The van der Waals surface area contributed by atoms with Crippen LogP contribution >= 0.6 is 11.6 Å². The van der Waals surface area contributed by atoms with Gasteiger partial charge in [0.25, 0.3) is 0 Å². The molecule has 2 aliphatic heterocycles. The lowest BCUT2D eigenvalue weighted by atomic mass is 10.1. The second-order valence-electron chi connectivity index (χ2n) is 8.79. The third-order valence-electron chi connectivity index (χ3n) is 6.11. The zero-order valence-corrected chi connectivity index (χ0v) is 21.8. The summed E-state index contributed by atoms with van der Waals surface area (Å²) < 4.78 is 11.9. The lowest BCUT2D eigenvalue weighted by Gasteiger charge is -2.37. The predicted octanol–water partition coefficient (Wildman–Crippen LogP) is 4.55. The van der Waals surface area contributed by atoms with E-state index in [4.69, 9.17) is 16.9 Å². The smallest absolute Gasteiger partial charge is 0.227 e. The summed E-state index contributed by atoms with van der Waals surface area (Å²) in [5, 5.41) is 14.0. The first-order valence-electron chi connectivity index (χ1n) is 12.2. The molecule has 0 saturated carbocycles. The molecule has 3 aromatic rings. The number of benzene rings is 1. The number of nitriles is 1. The first-order chi connectivity index (χ1) is 18.4. The highest BCUT2D eigenvalue weighted by Crippen LogP contribution is 2.25. The van der Waals surface area contributed by atoms with E-state index in [1.54, 1.807) is 55.0 Å². The average molecular weight is 538 g/mol. The van der Waals surface area contributed by atoms with Crippen molar-refractivity contribution in [2.45, 2.75) is 19.4 Å². The van der Waals surface area contributed by atoms with E-state index in [2.05, 4.69) is 26.2 Å². The van der Waals surface area contributed by atoms with Gasteiger partial charge in [0.1, 0.15) is 17.7 Å². The SMILES string of the molecule is CC1CN(C(=O)C2CCN(c3ccc(C#N)cn3)C2)CCN1N=O.Clc1cccnc1.Fc1ccccc1. The number of nitrogens with zero attached hydrogens (tertiary/aromatic N) is 7. The summed E-state index contributed by atoms with van der Waals surface area (Å²) in [7, 11) is 0. The molecule has 1 amide bonds. The minimum absolute atomic E-state index is 0.0436. The summed E-state index contributed by atoms with van der Waals surface area (Å²) in [6.07, 6.45) is 5.63. The fourth-order valence-corrected chi connectivity index (χ4v) is 4.22. The molecule has 0 aliphatic carbocycles. The van der Waals surface area contributed by atoms with Crippen molar-refractivity contribution in [3.05, 3.63) is 94.5 Å². The van der Waals surface area contributed by atoms with Crippen molar-refractivity contribution >= 4 is 23.3 Å². The Morgan fingerprint density at radius 1 is 1.08 bits per heavy atom. The molecule has 2 aliphatic rings. The molecular formula is C27H29ClFN7O2. The van der Waals surface area contributed by atoms with E-state index in [0.717, 1.165) is 18.8 Å². The number of halogens is 2. The maximum absolute atomic E-state index is 12.7. The molecule has 11 heteroatoms. The molecule has 2 atom stereocenters. The second-order valence-corrected chi connectivity index (χ2v) is 9.23.